The van der Waals surface area contributed by atoms with Gasteiger partial charge >= 0.3 is 6.09 Å². The average molecular weight is 348 g/mol. The number of carbonyl (C=O) groups excluding carboxylic acids is 1. The summed E-state index contributed by atoms with van der Waals surface area (Å²) in [7, 11) is 1.76. The van der Waals surface area contributed by atoms with Crippen LogP contribution in [0.2, 0.25) is 0 Å². The molecule has 2 aromatic heterocycles. The van der Waals surface area contributed by atoms with E-state index in [1.54, 1.807) is 16.6 Å². The minimum absolute atomic E-state index is 0.180. The van der Waals surface area contributed by atoms with Crippen molar-refractivity contribution in [1.29, 1.82) is 0 Å². The van der Waals surface area contributed by atoms with Gasteiger partial charge in [0.25, 0.3) is 5.56 Å². The van der Waals surface area contributed by atoms with Crippen molar-refractivity contribution in [1.82, 2.24) is 29.5 Å². The summed E-state index contributed by atoms with van der Waals surface area (Å²) < 4.78 is 6.99. The van der Waals surface area contributed by atoms with Crippen molar-refractivity contribution in [3.05, 3.63) is 22.4 Å². The number of nitrogens with one attached hydrogen (secondary N) is 1. The highest BCUT2D eigenvalue weighted by atomic mass is 16.6. The van der Waals surface area contributed by atoms with E-state index in [9.17, 15) is 9.59 Å². The molecule has 136 valence electrons. The Morgan fingerprint density at radius 2 is 1.96 bits per heavy atom. The lowest BCUT2D eigenvalue weighted by Gasteiger charge is -2.35. The van der Waals surface area contributed by atoms with Crippen LogP contribution in [0.15, 0.2) is 11.0 Å². The number of H-pyrrole nitrogens is 1. The lowest BCUT2D eigenvalue weighted by molar-refractivity contribution is 0.0137. The van der Waals surface area contributed by atoms with Crippen molar-refractivity contribution >= 4 is 17.1 Å². The Kier molecular flexibility index (Phi) is 4.51. The van der Waals surface area contributed by atoms with Crippen LogP contribution in [0.4, 0.5) is 4.79 Å². The van der Waals surface area contributed by atoms with Gasteiger partial charge in [0.15, 0.2) is 5.65 Å². The second kappa shape index (κ2) is 6.47. The molecule has 1 saturated heterocycles. The van der Waals surface area contributed by atoms with Crippen molar-refractivity contribution in [3.8, 4) is 0 Å². The number of hydrogen-bond donors (Lipinski definition) is 1. The third-order valence-corrected chi connectivity index (χ3v) is 4.05. The number of piperazine rings is 1. The maximum Gasteiger partial charge on any atom is 0.410 e. The fourth-order valence-electron chi connectivity index (χ4n) is 2.78. The van der Waals surface area contributed by atoms with Gasteiger partial charge in [0.1, 0.15) is 16.8 Å². The molecule has 1 N–H and O–H groups in total. The number of fused-ring (bicyclic) bond motifs is 1. The predicted octanol–water partition coefficient (Wildman–Crippen LogP) is 0.709. The Labute approximate surface area is 145 Å². The van der Waals surface area contributed by atoms with Gasteiger partial charge in [0.05, 0.1) is 12.7 Å². The van der Waals surface area contributed by atoms with E-state index in [1.165, 1.54) is 6.20 Å². The second-order valence-corrected chi connectivity index (χ2v) is 7.26. The number of aryl methyl sites for hydroxylation is 1. The van der Waals surface area contributed by atoms with Gasteiger partial charge in [-0.2, -0.15) is 5.10 Å². The van der Waals surface area contributed by atoms with Gasteiger partial charge in [-0.1, -0.05) is 0 Å². The molecule has 9 heteroatoms. The van der Waals surface area contributed by atoms with E-state index in [0.29, 0.717) is 49.6 Å². The monoisotopic (exact) mass is 348 g/mol. The average Bonchev–Trinajstić information content (AvgIpc) is 2.88. The molecule has 1 amide bonds. The molecule has 2 aromatic rings. The zero-order valence-corrected chi connectivity index (χ0v) is 15.1. The minimum Gasteiger partial charge on any atom is -0.444 e. The third kappa shape index (κ3) is 3.98. The quantitative estimate of drug-likeness (QED) is 0.859. The zero-order chi connectivity index (χ0) is 18.2. The molecule has 0 unspecified atom stereocenters. The summed E-state index contributed by atoms with van der Waals surface area (Å²) in [4.78, 5) is 35.3. The highest BCUT2D eigenvalue weighted by Gasteiger charge is 2.26. The molecule has 0 aromatic carbocycles. The number of ether oxygens (including phenoxy) is 1. The molecule has 25 heavy (non-hydrogen) atoms. The molecular formula is C16H24N6O3. The van der Waals surface area contributed by atoms with Crippen LogP contribution in [-0.2, 0) is 18.3 Å². The van der Waals surface area contributed by atoms with Crippen LogP contribution in [-0.4, -0.2) is 67.4 Å². The topological polar surface area (TPSA) is 96.4 Å². The Bertz CT molecular complexity index is 826. The number of hydrogen-bond acceptors (Lipinski definition) is 6. The van der Waals surface area contributed by atoms with E-state index < -0.39 is 5.60 Å². The third-order valence-electron chi connectivity index (χ3n) is 4.05. The largest absolute Gasteiger partial charge is 0.444 e. The number of rotatable bonds is 2. The summed E-state index contributed by atoms with van der Waals surface area (Å²) in [6, 6.07) is 0. The highest BCUT2D eigenvalue weighted by molar-refractivity contribution is 5.72. The molecule has 1 aliphatic heterocycles. The maximum atomic E-state index is 12.1. The Hall–Kier alpha value is -2.42. The minimum atomic E-state index is -0.490. The molecule has 0 bridgehead atoms. The van der Waals surface area contributed by atoms with Gasteiger partial charge in [0, 0.05) is 33.2 Å². The molecule has 0 spiro atoms. The summed E-state index contributed by atoms with van der Waals surface area (Å²) in [5, 5.41) is 4.55. The molecule has 3 rings (SSSR count). The molecule has 1 fully saturated rings. The number of carbonyl (C=O) groups is 1. The maximum absolute atomic E-state index is 12.1. The first-order valence-electron chi connectivity index (χ1n) is 8.34. The van der Waals surface area contributed by atoms with Crippen molar-refractivity contribution < 1.29 is 9.53 Å². The van der Waals surface area contributed by atoms with Crippen LogP contribution >= 0.6 is 0 Å². The predicted molar refractivity (Wildman–Crippen MR) is 92.2 cm³/mol. The molecular weight excluding hydrogens is 324 g/mol. The van der Waals surface area contributed by atoms with Crippen LogP contribution in [0.3, 0.4) is 0 Å². The summed E-state index contributed by atoms with van der Waals surface area (Å²) in [5.41, 5.74) is -0.0949. The number of nitrogens with zero attached hydrogens (tertiary/aromatic N) is 5. The first-order chi connectivity index (χ1) is 11.7. The Morgan fingerprint density at radius 3 is 2.60 bits per heavy atom. The molecule has 9 nitrogen and oxygen atoms in total. The molecule has 3 heterocycles. The van der Waals surface area contributed by atoms with Crippen molar-refractivity contribution in [2.45, 2.75) is 32.9 Å². The number of amides is 1. The Balaban J connectivity index is 1.62. The van der Waals surface area contributed by atoms with Gasteiger partial charge in [-0.15, -0.1) is 0 Å². The van der Waals surface area contributed by atoms with Gasteiger partial charge in [-0.25, -0.2) is 9.78 Å². The first-order valence-corrected chi connectivity index (χ1v) is 8.34. The van der Waals surface area contributed by atoms with Gasteiger partial charge < -0.3 is 14.6 Å². The van der Waals surface area contributed by atoms with Crippen molar-refractivity contribution in [2.24, 2.45) is 7.05 Å². The van der Waals surface area contributed by atoms with Gasteiger partial charge in [0.2, 0.25) is 0 Å². The molecule has 0 saturated carbocycles. The molecule has 0 aliphatic carbocycles. The van der Waals surface area contributed by atoms with Crippen molar-refractivity contribution in [2.75, 3.05) is 26.2 Å². The standard InChI is InChI=1S/C16H24N6O3/c1-16(2,3)25-15(24)22-7-5-21(6-8-22)10-12-18-13-11(14(23)19-12)9-17-20(13)4/h9H,5-8,10H2,1-4H3,(H,18,19,23). The van der Waals surface area contributed by atoms with Gasteiger partial charge in [-0.3, -0.25) is 14.4 Å². The van der Waals surface area contributed by atoms with Crippen LogP contribution in [0.5, 0.6) is 0 Å². The van der Waals surface area contributed by atoms with E-state index in [0.717, 1.165) is 0 Å². The van der Waals surface area contributed by atoms with Crippen LogP contribution in [0.1, 0.15) is 26.6 Å². The Morgan fingerprint density at radius 1 is 1.28 bits per heavy atom. The summed E-state index contributed by atoms with van der Waals surface area (Å²) in [6.07, 6.45) is 1.24. The van der Waals surface area contributed by atoms with E-state index in [4.69, 9.17) is 4.74 Å². The van der Waals surface area contributed by atoms with E-state index in [-0.39, 0.29) is 11.7 Å². The second-order valence-electron chi connectivity index (χ2n) is 7.26. The molecule has 0 radical (unpaired) electrons. The summed E-state index contributed by atoms with van der Waals surface area (Å²) >= 11 is 0. The summed E-state index contributed by atoms with van der Waals surface area (Å²) in [6.45, 7) is 8.69. The highest BCUT2D eigenvalue weighted by Crippen LogP contribution is 2.13. The molecule has 0 atom stereocenters. The zero-order valence-electron chi connectivity index (χ0n) is 15.1. The smallest absolute Gasteiger partial charge is 0.410 e. The van der Waals surface area contributed by atoms with Crippen LogP contribution in [0, 0.1) is 0 Å². The normalized spacial score (nSPS) is 16.4. The summed E-state index contributed by atoms with van der Waals surface area (Å²) in [5.74, 6) is 0.604. The lowest BCUT2D eigenvalue weighted by atomic mass is 10.2. The van der Waals surface area contributed by atoms with E-state index in [1.807, 2.05) is 20.8 Å². The first kappa shape index (κ1) is 17.4. The van der Waals surface area contributed by atoms with Crippen LogP contribution in [0.25, 0.3) is 11.0 Å². The fourth-order valence-corrected chi connectivity index (χ4v) is 2.78. The fraction of sp³-hybridized carbons (Fsp3) is 0.625. The number of aromatic amines is 1. The van der Waals surface area contributed by atoms with Crippen molar-refractivity contribution in [3.63, 3.8) is 0 Å². The molecule has 1 aliphatic rings. The van der Waals surface area contributed by atoms with E-state index in [2.05, 4.69) is 20.0 Å². The van der Waals surface area contributed by atoms with Crippen LogP contribution < -0.4 is 5.56 Å². The number of aromatic nitrogens is 4. The lowest BCUT2D eigenvalue weighted by Crippen LogP contribution is -2.49. The van der Waals surface area contributed by atoms with E-state index >= 15 is 0 Å². The van der Waals surface area contributed by atoms with Gasteiger partial charge in [-0.05, 0) is 20.8 Å². The SMILES string of the molecule is Cn1ncc2c(=O)[nH]c(CN3CCN(C(=O)OC(C)(C)C)CC3)nc21.